The van der Waals surface area contributed by atoms with Gasteiger partial charge in [0.2, 0.25) is 11.8 Å². The quantitative estimate of drug-likeness (QED) is 0.614. The number of imide groups is 1. The predicted molar refractivity (Wildman–Crippen MR) is 81.2 cm³/mol. The van der Waals surface area contributed by atoms with Crippen molar-refractivity contribution in [3.05, 3.63) is 34.5 Å². The minimum Gasteiger partial charge on any atom is -0.334 e. The second kappa shape index (κ2) is 5.05. The van der Waals surface area contributed by atoms with Crippen molar-refractivity contribution < 1.29 is 14.4 Å². The molecule has 0 bridgehead atoms. The van der Waals surface area contributed by atoms with E-state index < -0.39 is 0 Å². The van der Waals surface area contributed by atoms with Gasteiger partial charge in [-0.1, -0.05) is 12.2 Å². The van der Waals surface area contributed by atoms with Crippen LogP contribution in [0, 0.1) is 11.8 Å². The van der Waals surface area contributed by atoms with E-state index in [0.29, 0.717) is 31.5 Å². The first kappa shape index (κ1) is 13.7. The van der Waals surface area contributed by atoms with Crippen LogP contribution in [0.1, 0.15) is 23.2 Å². The minimum absolute atomic E-state index is 0.0179. The molecule has 6 heteroatoms. The molecule has 0 N–H and O–H groups in total. The summed E-state index contributed by atoms with van der Waals surface area (Å²) < 4.78 is 0. The standard InChI is InChI=1S/C16H16N2O3S/c19-14(10-5-6-22-9-10)17-7-11(8-17)18-15(20)12-3-1-2-4-13(12)16(18)21/h1-2,5-6,9,11-13H,3-4,7-8H2/t12-,13-/m0/s1. The van der Waals surface area contributed by atoms with Gasteiger partial charge in [0, 0.05) is 18.5 Å². The highest BCUT2D eigenvalue weighted by Crippen LogP contribution is 2.37. The van der Waals surface area contributed by atoms with Crippen LogP contribution in [0.4, 0.5) is 0 Å². The molecule has 5 nitrogen and oxygen atoms in total. The first-order valence-corrected chi connectivity index (χ1v) is 8.44. The summed E-state index contributed by atoms with van der Waals surface area (Å²) in [6, 6.07) is 1.65. The van der Waals surface area contributed by atoms with E-state index in [4.69, 9.17) is 0 Å². The summed E-state index contributed by atoms with van der Waals surface area (Å²) in [5.41, 5.74) is 0.681. The number of thiophene rings is 1. The van der Waals surface area contributed by atoms with Gasteiger partial charge in [-0.2, -0.15) is 11.3 Å². The van der Waals surface area contributed by atoms with Gasteiger partial charge in [-0.05, 0) is 24.3 Å². The number of hydrogen-bond acceptors (Lipinski definition) is 4. The van der Waals surface area contributed by atoms with Gasteiger partial charge in [-0.3, -0.25) is 19.3 Å². The number of carbonyl (C=O) groups excluding carboxylic acids is 3. The van der Waals surface area contributed by atoms with Crippen molar-refractivity contribution in [1.29, 1.82) is 0 Å². The lowest BCUT2D eigenvalue weighted by Gasteiger charge is -2.43. The third-order valence-electron chi connectivity index (χ3n) is 4.82. The summed E-state index contributed by atoms with van der Waals surface area (Å²) in [7, 11) is 0. The third kappa shape index (κ3) is 1.94. The molecule has 3 amide bonds. The molecule has 2 atom stereocenters. The Morgan fingerprint density at radius 1 is 1.09 bits per heavy atom. The molecule has 3 heterocycles. The maximum absolute atomic E-state index is 12.5. The van der Waals surface area contributed by atoms with E-state index in [1.54, 1.807) is 11.0 Å². The van der Waals surface area contributed by atoms with Crippen LogP contribution < -0.4 is 0 Å². The van der Waals surface area contributed by atoms with Crippen LogP contribution in [-0.2, 0) is 9.59 Å². The van der Waals surface area contributed by atoms with Crippen LogP contribution in [0.25, 0.3) is 0 Å². The largest absolute Gasteiger partial charge is 0.334 e. The zero-order valence-corrected chi connectivity index (χ0v) is 12.8. The minimum atomic E-state index is -0.181. The predicted octanol–water partition coefficient (Wildman–Crippen LogP) is 1.52. The highest BCUT2D eigenvalue weighted by molar-refractivity contribution is 7.08. The van der Waals surface area contributed by atoms with Crippen molar-refractivity contribution in [1.82, 2.24) is 9.80 Å². The van der Waals surface area contributed by atoms with E-state index in [0.717, 1.165) is 0 Å². The highest BCUT2D eigenvalue weighted by atomic mass is 32.1. The fourth-order valence-electron chi connectivity index (χ4n) is 3.54. The number of allylic oxidation sites excluding steroid dienone is 2. The van der Waals surface area contributed by atoms with E-state index in [-0.39, 0.29) is 35.6 Å². The molecule has 0 unspecified atom stereocenters. The lowest BCUT2D eigenvalue weighted by molar-refractivity contribution is -0.145. The van der Waals surface area contributed by atoms with Crippen LogP contribution >= 0.6 is 11.3 Å². The van der Waals surface area contributed by atoms with Crippen molar-refractivity contribution >= 4 is 29.1 Å². The molecule has 0 saturated carbocycles. The molecular weight excluding hydrogens is 300 g/mol. The Hall–Kier alpha value is -1.95. The zero-order chi connectivity index (χ0) is 15.3. The number of likely N-dealkylation sites (tertiary alicyclic amines) is 2. The second-order valence-electron chi connectivity index (χ2n) is 6.08. The zero-order valence-electron chi connectivity index (χ0n) is 12.0. The van der Waals surface area contributed by atoms with E-state index in [1.807, 2.05) is 22.9 Å². The van der Waals surface area contributed by atoms with Crippen LogP contribution in [0.5, 0.6) is 0 Å². The average molecular weight is 316 g/mol. The molecular formula is C16H16N2O3S. The van der Waals surface area contributed by atoms with Crippen LogP contribution in [0.3, 0.4) is 0 Å². The van der Waals surface area contributed by atoms with Gasteiger partial charge in [0.05, 0.1) is 23.4 Å². The molecule has 0 spiro atoms. The van der Waals surface area contributed by atoms with Crippen molar-refractivity contribution in [2.75, 3.05) is 13.1 Å². The van der Waals surface area contributed by atoms with Crippen molar-refractivity contribution in [3.63, 3.8) is 0 Å². The molecule has 2 saturated heterocycles. The van der Waals surface area contributed by atoms with Gasteiger partial charge in [0.1, 0.15) is 0 Å². The number of nitrogens with zero attached hydrogens (tertiary/aromatic N) is 2. The Morgan fingerprint density at radius 2 is 1.73 bits per heavy atom. The number of carbonyl (C=O) groups is 3. The van der Waals surface area contributed by atoms with Crippen molar-refractivity contribution in [2.24, 2.45) is 11.8 Å². The number of amides is 3. The lowest BCUT2D eigenvalue weighted by Crippen LogP contribution is -2.62. The van der Waals surface area contributed by atoms with Gasteiger partial charge >= 0.3 is 0 Å². The molecule has 1 aromatic heterocycles. The van der Waals surface area contributed by atoms with Gasteiger partial charge in [-0.15, -0.1) is 0 Å². The van der Waals surface area contributed by atoms with Crippen LogP contribution in [-0.4, -0.2) is 46.7 Å². The molecule has 1 aliphatic carbocycles. The highest BCUT2D eigenvalue weighted by Gasteiger charge is 2.52. The summed E-state index contributed by atoms with van der Waals surface area (Å²) in [5, 5.41) is 3.69. The average Bonchev–Trinajstić information content (AvgIpc) is 3.09. The molecule has 2 fully saturated rings. The monoisotopic (exact) mass is 316 g/mol. The molecule has 2 aliphatic heterocycles. The summed E-state index contributed by atoms with van der Waals surface area (Å²) >= 11 is 1.49. The topological polar surface area (TPSA) is 57.7 Å². The third-order valence-corrected chi connectivity index (χ3v) is 5.51. The fraction of sp³-hybridized carbons (Fsp3) is 0.438. The summed E-state index contributed by atoms with van der Waals surface area (Å²) in [6.07, 6.45) is 5.30. The Labute approximate surface area is 132 Å². The first-order valence-electron chi connectivity index (χ1n) is 7.50. The Kier molecular flexibility index (Phi) is 3.14. The van der Waals surface area contributed by atoms with Gasteiger partial charge in [-0.25, -0.2) is 0 Å². The van der Waals surface area contributed by atoms with E-state index >= 15 is 0 Å². The molecule has 22 heavy (non-hydrogen) atoms. The van der Waals surface area contributed by atoms with Gasteiger partial charge < -0.3 is 4.90 Å². The molecule has 114 valence electrons. The van der Waals surface area contributed by atoms with E-state index in [9.17, 15) is 14.4 Å². The summed E-state index contributed by atoms with van der Waals surface area (Å²) in [5.74, 6) is -0.479. The number of fused-ring (bicyclic) bond motifs is 1. The maximum Gasteiger partial charge on any atom is 0.254 e. The van der Waals surface area contributed by atoms with Gasteiger partial charge in [0.25, 0.3) is 5.91 Å². The lowest BCUT2D eigenvalue weighted by atomic mass is 9.85. The van der Waals surface area contributed by atoms with Crippen molar-refractivity contribution in [2.45, 2.75) is 18.9 Å². The number of rotatable bonds is 2. The van der Waals surface area contributed by atoms with Crippen molar-refractivity contribution in [3.8, 4) is 0 Å². The fourth-order valence-corrected chi connectivity index (χ4v) is 4.17. The Balaban J connectivity index is 1.44. The van der Waals surface area contributed by atoms with Crippen LogP contribution in [0.15, 0.2) is 29.0 Å². The SMILES string of the molecule is O=C(c1ccsc1)N1CC(N2C(=O)[C@H]3CC=CC[C@@H]3C2=O)C1. The Morgan fingerprint density at radius 3 is 2.27 bits per heavy atom. The second-order valence-corrected chi connectivity index (χ2v) is 6.86. The van der Waals surface area contributed by atoms with Gasteiger partial charge in [0.15, 0.2) is 0 Å². The molecule has 3 aliphatic rings. The van der Waals surface area contributed by atoms with E-state index in [1.165, 1.54) is 16.2 Å². The van der Waals surface area contributed by atoms with E-state index in [2.05, 4.69) is 0 Å². The Bertz CT molecular complexity index is 635. The van der Waals surface area contributed by atoms with Crippen LogP contribution in [0.2, 0.25) is 0 Å². The summed E-state index contributed by atoms with van der Waals surface area (Å²) in [4.78, 5) is 40.2. The maximum atomic E-state index is 12.5. The first-order chi connectivity index (χ1) is 10.7. The number of hydrogen-bond donors (Lipinski definition) is 0. The molecule has 0 radical (unpaired) electrons. The smallest absolute Gasteiger partial charge is 0.254 e. The normalized spacial score (nSPS) is 28.0. The molecule has 1 aromatic rings. The summed E-state index contributed by atoms with van der Waals surface area (Å²) in [6.45, 7) is 0.915. The molecule has 4 rings (SSSR count). The molecule has 0 aromatic carbocycles.